The average molecular weight is 308 g/mol. The number of aromatic nitrogens is 2. The SMILES string of the molecule is C=CCOC(=O)NC1CCN(Cc2cn(C)nc2C(=O)O)C1. The van der Waals surface area contributed by atoms with Gasteiger partial charge in [0.1, 0.15) is 6.61 Å². The molecule has 1 aliphatic heterocycles. The summed E-state index contributed by atoms with van der Waals surface area (Å²) in [6.45, 7) is 5.58. The van der Waals surface area contributed by atoms with E-state index in [1.54, 1.807) is 13.2 Å². The van der Waals surface area contributed by atoms with Gasteiger partial charge in [-0.05, 0) is 6.42 Å². The number of nitrogens with zero attached hydrogens (tertiary/aromatic N) is 3. The van der Waals surface area contributed by atoms with Crippen LogP contribution in [-0.2, 0) is 18.3 Å². The van der Waals surface area contributed by atoms with E-state index in [-0.39, 0.29) is 18.3 Å². The molecule has 8 nitrogen and oxygen atoms in total. The van der Waals surface area contributed by atoms with E-state index >= 15 is 0 Å². The number of carbonyl (C=O) groups excluding carboxylic acids is 1. The third-order valence-electron chi connectivity index (χ3n) is 3.43. The van der Waals surface area contributed by atoms with Crippen LogP contribution in [0.3, 0.4) is 0 Å². The number of amides is 1. The van der Waals surface area contributed by atoms with Crippen LogP contribution in [0, 0.1) is 0 Å². The lowest BCUT2D eigenvalue weighted by Gasteiger charge is -2.16. The van der Waals surface area contributed by atoms with Gasteiger partial charge in [-0.2, -0.15) is 5.10 Å². The van der Waals surface area contributed by atoms with Gasteiger partial charge in [0.2, 0.25) is 0 Å². The van der Waals surface area contributed by atoms with Gasteiger partial charge in [-0.1, -0.05) is 12.7 Å². The summed E-state index contributed by atoms with van der Waals surface area (Å²) in [4.78, 5) is 24.7. The second-order valence-corrected chi connectivity index (χ2v) is 5.23. The number of aryl methyl sites for hydroxylation is 1. The van der Waals surface area contributed by atoms with Crippen LogP contribution in [0.5, 0.6) is 0 Å². The lowest BCUT2D eigenvalue weighted by atomic mass is 10.2. The van der Waals surface area contributed by atoms with Crippen molar-refractivity contribution in [3.63, 3.8) is 0 Å². The monoisotopic (exact) mass is 308 g/mol. The second kappa shape index (κ2) is 7.08. The van der Waals surface area contributed by atoms with E-state index < -0.39 is 12.1 Å². The summed E-state index contributed by atoms with van der Waals surface area (Å²) in [5, 5.41) is 15.9. The standard InChI is InChI=1S/C14H20N4O4/c1-3-6-22-14(21)15-11-4-5-18(9-11)8-10-7-17(2)16-12(10)13(19)20/h3,7,11H,1,4-6,8-9H2,2H3,(H,15,21)(H,19,20). The zero-order chi connectivity index (χ0) is 16.1. The number of alkyl carbamates (subject to hydrolysis) is 1. The van der Waals surface area contributed by atoms with Crippen molar-refractivity contribution in [2.24, 2.45) is 7.05 Å². The van der Waals surface area contributed by atoms with Crippen molar-refractivity contribution in [2.45, 2.75) is 19.0 Å². The molecule has 1 atom stereocenters. The Morgan fingerprint density at radius 3 is 3.09 bits per heavy atom. The van der Waals surface area contributed by atoms with Gasteiger partial charge in [0.25, 0.3) is 0 Å². The summed E-state index contributed by atoms with van der Waals surface area (Å²) < 4.78 is 6.38. The molecule has 1 unspecified atom stereocenters. The van der Waals surface area contributed by atoms with Crippen molar-refractivity contribution >= 4 is 12.1 Å². The van der Waals surface area contributed by atoms with Crippen molar-refractivity contribution < 1.29 is 19.4 Å². The number of likely N-dealkylation sites (tertiary alicyclic amines) is 1. The number of hydrogen-bond acceptors (Lipinski definition) is 5. The molecular formula is C14H20N4O4. The molecule has 8 heteroatoms. The van der Waals surface area contributed by atoms with Crippen LogP contribution in [0.4, 0.5) is 4.79 Å². The lowest BCUT2D eigenvalue weighted by Crippen LogP contribution is -2.37. The van der Waals surface area contributed by atoms with Crippen LogP contribution in [0.2, 0.25) is 0 Å². The maximum Gasteiger partial charge on any atom is 0.407 e. The Bertz CT molecular complexity index is 569. The minimum absolute atomic E-state index is 0.00210. The topological polar surface area (TPSA) is 96.7 Å². The summed E-state index contributed by atoms with van der Waals surface area (Å²) in [5.41, 5.74) is 0.745. The molecule has 1 aromatic rings. The molecule has 120 valence electrons. The van der Waals surface area contributed by atoms with Gasteiger partial charge in [0, 0.05) is 44.5 Å². The number of rotatable bonds is 6. The maximum atomic E-state index is 11.5. The van der Waals surface area contributed by atoms with Gasteiger partial charge in [0.05, 0.1) is 0 Å². The predicted molar refractivity (Wildman–Crippen MR) is 78.5 cm³/mol. The Morgan fingerprint density at radius 1 is 1.64 bits per heavy atom. The molecule has 1 amide bonds. The highest BCUT2D eigenvalue weighted by Gasteiger charge is 2.26. The molecule has 22 heavy (non-hydrogen) atoms. The van der Waals surface area contributed by atoms with Crippen molar-refractivity contribution in [3.8, 4) is 0 Å². The van der Waals surface area contributed by atoms with E-state index in [1.807, 2.05) is 0 Å². The molecule has 1 aliphatic rings. The van der Waals surface area contributed by atoms with Gasteiger partial charge < -0.3 is 15.2 Å². The Hall–Kier alpha value is -2.35. The van der Waals surface area contributed by atoms with E-state index in [1.165, 1.54) is 10.8 Å². The van der Waals surface area contributed by atoms with E-state index in [9.17, 15) is 9.59 Å². The predicted octanol–water partition coefficient (Wildman–Crippen LogP) is 0.605. The Kier molecular flexibility index (Phi) is 5.16. The second-order valence-electron chi connectivity index (χ2n) is 5.23. The van der Waals surface area contributed by atoms with Crippen molar-refractivity contribution in [1.82, 2.24) is 20.0 Å². The fraction of sp³-hybridized carbons (Fsp3) is 0.500. The first-order valence-corrected chi connectivity index (χ1v) is 7.02. The lowest BCUT2D eigenvalue weighted by molar-refractivity contribution is 0.0687. The molecule has 0 aliphatic carbocycles. The zero-order valence-corrected chi connectivity index (χ0v) is 12.5. The van der Waals surface area contributed by atoms with Crippen LogP contribution in [0.1, 0.15) is 22.5 Å². The fourth-order valence-corrected chi connectivity index (χ4v) is 2.51. The molecule has 2 N–H and O–H groups in total. The molecule has 0 aromatic carbocycles. The molecule has 1 aromatic heterocycles. The molecule has 0 bridgehead atoms. The smallest absolute Gasteiger partial charge is 0.407 e. The van der Waals surface area contributed by atoms with E-state index in [0.717, 1.165) is 13.0 Å². The number of nitrogens with one attached hydrogen (secondary N) is 1. The Labute approximate surface area is 128 Å². The highest BCUT2D eigenvalue weighted by molar-refractivity contribution is 5.86. The first-order valence-electron chi connectivity index (χ1n) is 7.02. The highest BCUT2D eigenvalue weighted by Crippen LogP contribution is 2.16. The highest BCUT2D eigenvalue weighted by atomic mass is 16.5. The Balaban J connectivity index is 1.87. The summed E-state index contributed by atoms with van der Waals surface area (Å²) >= 11 is 0. The van der Waals surface area contributed by atoms with Crippen molar-refractivity contribution in [3.05, 3.63) is 30.1 Å². The molecule has 0 saturated carbocycles. The molecule has 0 spiro atoms. The molecule has 2 heterocycles. The quantitative estimate of drug-likeness (QED) is 0.747. The van der Waals surface area contributed by atoms with Crippen LogP contribution in [0.25, 0.3) is 0 Å². The molecule has 0 radical (unpaired) electrons. The van der Waals surface area contributed by atoms with Crippen LogP contribution >= 0.6 is 0 Å². The summed E-state index contributed by atoms with van der Waals surface area (Å²) in [6, 6.07) is 0.00210. The number of carbonyl (C=O) groups is 2. The van der Waals surface area contributed by atoms with Gasteiger partial charge >= 0.3 is 12.1 Å². The van der Waals surface area contributed by atoms with E-state index in [0.29, 0.717) is 18.7 Å². The van der Waals surface area contributed by atoms with Crippen molar-refractivity contribution in [1.29, 1.82) is 0 Å². The van der Waals surface area contributed by atoms with Crippen molar-refractivity contribution in [2.75, 3.05) is 19.7 Å². The average Bonchev–Trinajstić information content (AvgIpc) is 3.03. The third kappa shape index (κ3) is 4.08. The van der Waals surface area contributed by atoms with Crippen LogP contribution in [-0.4, -0.2) is 57.6 Å². The summed E-state index contributed by atoms with van der Waals surface area (Å²) in [7, 11) is 1.69. The third-order valence-corrected chi connectivity index (χ3v) is 3.43. The van der Waals surface area contributed by atoms with Gasteiger partial charge in [-0.3, -0.25) is 9.58 Å². The minimum Gasteiger partial charge on any atom is -0.476 e. The van der Waals surface area contributed by atoms with Gasteiger partial charge in [-0.25, -0.2) is 9.59 Å². The normalized spacial score (nSPS) is 18.1. The first kappa shape index (κ1) is 16.0. The summed E-state index contributed by atoms with van der Waals surface area (Å²) in [5.74, 6) is -1.03. The molecule has 1 saturated heterocycles. The summed E-state index contributed by atoms with van der Waals surface area (Å²) in [6.07, 6.45) is 3.56. The minimum atomic E-state index is -1.03. The number of carboxylic acids is 1. The Morgan fingerprint density at radius 2 is 2.41 bits per heavy atom. The maximum absolute atomic E-state index is 11.5. The first-order chi connectivity index (χ1) is 10.5. The van der Waals surface area contributed by atoms with Crippen LogP contribution in [0.15, 0.2) is 18.9 Å². The number of carboxylic acid groups (broad SMARTS) is 1. The zero-order valence-electron chi connectivity index (χ0n) is 12.5. The van der Waals surface area contributed by atoms with E-state index in [4.69, 9.17) is 9.84 Å². The fourth-order valence-electron chi connectivity index (χ4n) is 2.51. The van der Waals surface area contributed by atoms with Gasteiger partial charge in [-0.15, -0.1) is 0 Å². The molecular weight excluding hydrogens is 288 g/mol. The number of aromatic carboxylic acids is 1. The largest absolute Gasteiger partial charge is 0.476 e. The molecule has 2 rings (SSSR count). The van der Waals surface area contributed by atoms with Gasteiger partial charge in [0.15, 0.2) is 5.69 Å². The number of hydrogen-bond donors (Lipinski definition) is 2. The number of ether oxygens (including phenoxy) is 1. The molecule has 1 fully saturated rings. The van der Waals surface area contributed by atoms with E-state index in [2.05, 4.69) is 21.9 Å². The van der Waals surface area contributed by atoms with Crippen LogP contribution < -0.4 is 5.32 Å².